The summed E-state index contributed by atoms with van der Waals surface area (Å²) in [4.78, 5) is 4.09. The zero-order valence-electron chi connectivity index (χ0n) is 8.97. The molecule has 4 nitrogen and oxygen atoms in total. The normalized spacial score (nSPS) is 11.2. The number of nitrogens with zero attached hydrogens (tertiary/aromatic N) is 1. The quantitative estimate of drug-likeness (QED) is 0.872. The van der Waals surface area contributed by atoms with Crippen LogP contribution in [0.4, 0.5) is 5.82 Å². The van der Waals surface area contributed by atoms with Crippen molar-refractivity contribution < 1.29 is 8.42 Å². The molecule has 0 spiro atoms. The highest BCUT2D eigenvalue weighted by atomic mass is 79.9. The fourth-order valence-electron chi connectivity index (χ4n) is 1.31. The SMILES string of the molecule is O=S(=O)(Nc1ccccn1)c1ccc(Br)cc1Br. The van der Waals surface area contributed by atoms with Gasteiger partial charge >= 0.3 is 0 Å². The second-order valence-electron chi connectivity index (χ2n) is 3.40. The van der Waals surface area contributed by atoms with E-state index in [9.17, 15) is 8.42 Å². The third kappa shape index (κ3) is 3.09. The molecular formula is C11H8Br2N2O2S. The van der Waals surface area contributed by atoms with Gasteiger partial charge in [0, 0.05) is 15.1 Å². The van der Waals surface area contributed by atoms with Gasteiger partial charge < -0.3 is 0 Å². The first-order valence-electron chi connectivity index (χ1n) is 4.88. The number of pyridine rings is 1. The summed E-state index contributed by atoms with van der Waals surface area (Å²) in [5, 5.41) is 0. The van der Waals surface area contributed by atoms with Gasteiger partial charge in [0.05, 0.1) is 0 Å². The fourth-order valence-corrected chi connectivity index (χ4v) is 4.06. The average molecular weight is 392 g/mol. The lowest BCUT2D eigenvalue weighted by Gasteiger charge is -2.08. The summed E-state index contributed by atoms with van der Waals surface area (Å²) in [6.07, 6.45) is 1.52. The Balaban J connectivity index is 2.37. The topological polar surface area (TPSA) is 59.1 Å². The molecule has 0 amide bonds. The van der Waals surface area contributed by atoms with Crippen LogP contribution in [0.25, 0.3) is 0 Å². The number of hydrogen-bond acceptors (Lipinski definition) is 3. The smallest absolute Gasteiger partial charge is 0.263 e. The van der Waals surface area contributed by atoms with Crippen molar-refractivity contribution in [2.75, 3.05) is 4.72 Å². The Morgan fingerprint density at radius 2 is 1.89 bits per heavy atom. The first kappa shape index (κ1) is 13.5. The molecule has 0 saturated carbocycles. The molecule has 2 rings (SSSR count). The van der Waals surface area contributed by atoms with E-state index in [4.69, 9.17) is 0 Å². The molecule has 0 radical (unpaired) electrons. The molecule has 0 aliphatic rings. The number of nitrogens with one attached hydrogen (secondary N) is 1. The first-order chi connectivity index (χ1) is 8.49. The standard InChI is InChI=1S/C11H8Br2N2O2S/c12-8-4-5-10(9(13)7-8)18(16,17)15-11-3-1-2-6-14-11/h1-7H,(H,14,15). The van der Waals surface area contributed by atoms with Gasteiger partial charge in [0.25, 0.3) is 10.0 Å². The molecule has 0 aliphatic heterocycles. The van der Waals surface area contributed by atoms with Gasteiger partial charge in [-0.2, -0.15) is 0 Å². The summed E-state index contributed by atoms with van der Waals surface area (Å²) in [5.74, 6) is 0.285. The van der Waals surface area contributed by atoms with E-state index in [2.05, 4.69) is 41.6 Å². The van der Waals surface area contributed by atoms with Crippen molar-refractivity contribution >= 4 is 47.7 Å². The lowest BCUT2D eigenvalue weighted by Crippen LogP contribution is -2.14. The van der Waals surface area contributed by atoms with E-state index in [0.717, 1.165) is 4.47 Å². The van der Waals surface area contributed by atoms with E-state index in [1.165, 1.54) is 12.3 Å². The van der Waals surface area contributed by atoms with Gasteiger partial charge in [0.2, 0.25) is 0 Å². The predicted molar refractivity (Wildman–Crippen MR) is 76.9 cm³/mol. The van der Waals surface area contributed by atoms with Crippen LogP contribution in [0.2, 0.25) is 0 Å². The molecule has 0 bridgehead atoms. The monoisotopic (exact) mass is 390 g/mol. The maximum atomic E-state index is 12.1. The van der Waals surface area contributed by atoms with Crippen molar-refractivity contribution in [2.45, 2.75) is 4.90 Å². The van der Waals surface area contributed by atoms with Gasteiger partial charge in [0.15, 0.2) is 0 Å². The minimum Gasteiger partial charge on any atom is -0.263 e. The Bertz CT molecular complexity index is 660. The van der Waals surface area contributed by atoms with Gasteiger partial charge in [-0.1, -0.05) is 22.0 Å². The molecule has 0 unspecified atom stereocenters. The fraction of sp³-hybridized carbons (Fsp3) is 0. The molecule has 1 N–H and O–H groups in total. The average Bonchev–Trinajstić information content (AvgIpc) is 2.29. The number of sulfonamides is 1. The molecule has 0 fully saturated rings. The van der Waals surface area contributed by atoms with Crippen molar-refractivity contribution in [3.05, 3.63) is 51.5 Å². The van der Waals surface area contributed by atoms with Gasteiger partial charge in [-0.15, -0.1) is 0 Å². The van der Waals surface area contributed by atoms with Crippen molar-refractivity contribution in [1.82, 2.24) is 4.98 Å². The van der Waals surface area contributed by atoms with Gasteiger partial charge in [-0.25, -0.2) is 13.4 Å². The summed E-state index contributed by atoms with van der Waals surface area (Å²) >= 11 is 6.50. The molecule has 1 aromatic carbocycles. The summed E-state index contributed by atoms with van der Waals surface area (Å²) in [7, 11) is -3.64. The highest BCUT2D eigenvalue weighted by Gasteiger charge is 2.18. The van der Waals surface area contributed by atoms with E-state index in [-0.39, 0.29) is 10.7 Å². The highest BCUT2D eigenvalue weighted by Crippen LogP contribution is 2.26. The number of aromatic nitrogens is 1. The first-order valence-corrected chi connectivity index (χ1v) is 7.95. The molecule has 0 atom stereocenters. The molecular weight excluding hydrogens is 384 g/mol. The minimum atomic E-state index is -3.64. The number of halogens is 2. The van der Waals surface area contributed by atoms with E-state index >= 15 is 0 Å². The third-order valence-corrected chi connectivity index (χ3v) is 4.91. The number of hydrogen-bond donors (Lipinski definition) is 1. The Morgan fingerprint density at radius 3 is 2.50 bits per heavy atom. The maximum absolute atomic E-state index is 12.1. The zero-order valence-corrected chi connectivity index (χ0v) is 13.0. The van der Waals surface area contributed by atoms with Crippen LogP contribution in [0.3, 0.4) is 0 Å². The zero-order chi connectivity index (χ0) is 13.2. The molecule has 18 heavy (non-hydrogen) atoms. The maximum Gasteiger partial charge on any atom is 0.264 e. The van der Waals surface area contributed by atoms with Crippen LogP contribution in [-0.4, -0.2) is 13.4 Å². The summed E-state index contributed by atoms with van der Waals surface area (Å²) in [5.41, 5.74) is 0. The molecule has 7 heteroatoms. The van der Waals surface area contributed by atoms with Crippen molar-refractivity contribution in [2.24, 2.45) is 0 Å². The van der Waals surface area contributed by atoms with Crippen LogP contribution in [0, 0.1) is 0 Å². The number of benzene rings is 1. The summed E-state index contributed by atoms with van der Waals surface area (Å²) in [6.45, 7) is 0. The Hall–Kier alpha value is -0.920. The molecule has 2 aromatic rings. The van der Waals surface area contributed by atoms with Crippen LogP contribution in [0.5, 0.6) is 0 Å². The van der Waals surface area contributed by atoms with Crippen LogP contribution in [0.1, 0.15) is 0 Å². The van der Waals surface area contributed by atoms with Crippen molar-refractivity contribution in [3.8, 4) is 0 Å². The van der Waals surface area contributed by atoms with E-state index in [1.54, 1.807) is 30.3 Å². The Labute approximate surface area is 122 Å². The summed E-state index contributed by atoms with van der Waals surface area (Å²) in [6, 6.07) is 9.86. The summed E-state index contributed by atoms with van der Waals surface area (Å²) < 4.78 is 28.0. The second-order valence-corrected chi connectivity index (χ2v) is 6.82. The molecule has 1 aromatic heterocycles. The van der Waals surface area contributed by atoms with E-state index in [1.807, 2.05) is 0 Å². The molecule has 0 saturated heterocycles. The van der Waals surface area contributed by atoms with Gasteiger partial charge in [-0.3, -0.25) is 4.72 Å². The van der Waals surface area contributed by atoms with Crippen LogP contribution < -0.4 is 4.72 Å². The number of rotatable bonds is 3. The van der Waals surface area contributed by atoms with Crippen LogP contribution in [-0.2, 0) is 10.0 Å². The lowest BCUT2D eigenvalue weighted by atomic mass is 10.4. The Morgan fingerprint density at radius 1 is 1.11 bits per heavy atom. The highest BCUT2D eigenvalue weighted by molar-refractivity contribution is 9.11. The predicted octanol–water partition coefficient (Wildman–Crippen LogP) is 3.41. The number of anilines is 1. The van der Waals surface area contributed by atoms with Crippen molar-refractivity contribution in [1.29, 1.82) is 0 Å². The largest absolute Gasteiger partial charge is 0.264 e. The molecule has 1 heterocycles. The molecule has 0 aliphatic carbocycles. The van der Waals surface area contributed by atoms with E-state index < -0.39 is 10.0 Å². The van der Waals surface area contributed by atoms with Crippen molar-refractivity contribution in [3.63, 3.8) is 0 Å². The molecule has 94 valence electrons. The van der Waals surface area contributed by atoms with Crippen LogP contribution in [0.15, 0.2) is 56.4 Å². The van der Waals surface area contributed by atoms with Crippen LogP contribution >= 0.6 is 31.9 Å². The minimum absolute atomic E-state index is 0.163. The Kier molecular flexibility index (Phi) is 4.04. The second kappa shape index (κ2) is 5.38. The third-order valence-electron chi connectivity index (χ3n) is 2.09. The van der Waals surface area contributed by atoms with E-state index in [0.29, 0.717) is 4.47 Å². The van der Waals surface area contributed by atoms with Gasteiger partial charge in [-0.05, 0) is 46.3 Å². The lowest BCUT2D eigenvalue weighted by molar-refractivity contribution is 0.600. The van der Waals surface area contributed by atoms with Gasteiger partial charge in [0.1, 0.15) is 10.7 Å².